The van der Waals surface area contributed by atoms with E-state index in [1.165, 1.54) is 21.0 Å². The highest BCUT2D eigenvalue weighted by Crippen LogP contribution is 2.24. The molecule has 2 aromatic rings. The molecule has 1 aliphatic heterocycles. The highest BCUT2D eigenvalue weighted by atomic mass is 16.5. The van der Waals surface area contributed by atoms with Gasteiger partial charge in [-0.1, -0.05) is 24.3 Å². The number of hydrogen-bond donors (Lipinski definition) is 2. The summed E-state index contributed by atoms with van der Waals surface area (Å²) >= 11 is 0. The van der Waals surface area contributed by atoms with Crippen LogP contribution >= 0.6 is 0 Å². The van der Waals surface area contributed by atoms with Crippen LogP contribution in [0, 0.1) is 0 Å². The monoisotopic (exact) mass is 497 g/mol. The number of Topliss-reactive ketones (excluding diaryl/α,β-unsaturated/α-hetero) is 1. The van der Waals surface area contributed by atoms with E-state index in [0.717, 1.165) is 61.0 Å². The predicted octanol–water partition coefficient (Wildman–Crippen LogP) is 1.59. The molecule has 0 spiro atoms. The SMILES string of the molecule is CNC(=O)C(C)(C(=O)CO)N(C)C(=O)c1ccc(-c2ccc(OCCCN3CCOCC3)cc2)cc1. The molecule has 1 heterocycles. The quantitative estimate of drug-likeness (QED) is 0.359. The Morgan fingerprint density at radius 1 is 1.06 bits per heavy atom. The van der Waals surface area contributed by atoms with Gasteiger partial charge < -0.3 is 24.8 Å². The number of carbonyl (C=O) groups excluding carboxylic acids is 3. The molecule has 1 unspecified atom stereocenters. The van der Waals surface area contributed by atoms with Crippen molar-refractivity contribution in [3.63, 3.8) is 0 Å². The molecule has 36 heavy (non-hydrogen) atoms. The molecule has 1 atom stereocenters. The van der Waals surface area contributed by atoms with Crippen molar-refractivity contribution >= 4 is 17.6 Å². The number of morpholine rings is 1. The number of carbonyl (C=O) groups is 3. The molecule has 2 N–H and O–H groups in total. The smallest absolute Gasteiger partial charge is 0.254 e. The number of nitrogens with one attached hydrogen (secondary N) is 1. The normalized spacial score (nSPS) is 15.6. The van der Waals surface area contributed by atoms with E-state index < -0.39 is 29.7 Å². The zero-order valence-electron chi connectivity index (χ0n) is 21.2. The zero-order chi connectivity index (χ0) is 26.1. The molecule has 1 saturated heterocycles. The number of likely N-dealkylation sites (N-methyl/N-ethyl adjacent to an activating group) is 2. The fourth-order valence-electron chi connectivity index (χ4n) is 4.11. The van der Waals surface area contributed by atoms with Gasteiger partial charge in [-0.15, -0.1) is 0 Å². The van der Waals surface area contributed by atoms with Crippen LogP contribution in [0.3, 0.4) is 0 Å². The Labute approximate surface area is 212 Å². The van der Waals surface area contributed by atoms with Gasteiger partial charge in [0.1, 0.15) is 12.4 Å². The fourth-order valence-corrected chi connectivity index (χ4v) is 4.11. The molecule has 3 rings (SSSR count). The molecule has 9 heteroatoms. The zero-order valence-corrected chi connectivity index (χ0v) is 21.2. The molecule has 9 nitrogen and oxygen atoms in total. The van der Waals surface area contributed by atoms with Gasteiger partial charge in [0.05, 0.1) is 19.8 Å². The number of ether oxygens (including phenoxy) is 2. The summed E-state index contributed by atoms with van der Waals surface area (Å²) in [6.07, 6.45) is 0.953. The van der Waals surface area contributed by atoms with E-state index >= 15 is 0 Å². The number of benzene rings is 2. The van der Waals surface area contributed by atoms with Crippen molar-refractivity contribution in [2.45, 2.75) is 18.9 Å². The maximum absolute atomic E-state index is 13.0. The van der Waals surface area contributed by atoms with Crippen molar-refractivity contribution in [2.24, 2.45) is 0 Å². The standard InChI is InChI=1S/C27H35N3O6/c1-27(24(32)19-31,26(34)28-2)29(3)25(33)22-7-5-20(6-8-22)21-9-11-23(12-10-21)36-16-4-13-30-14-17-35-18-15-30/h5-12,31H,4,13-19H2,1-3H3,(H,28,34). The second-order valence-electron chi connectivity index (χ2n) is 8.85. The number of amides is 2. The van der Waals surface area contributed by atoms with Crippen LogP contribution in [0.1, 0.15) is 23.7 Å². The van der Waals surface area contributed by atoms with Gasteiger partial charge in [-0.25, -0.2) is 0 Å². The van der Waals surface area contributed by atoms with Crippen LogP contribution in [0.4, 0.5) is 0 Å². The summed E-state index contributed by atoms with van der Waals surface area (Å²) in [6, 6.07) is 14.7. The van der Waals surface area contributed by atoms with Crippen molar-refractivity contribution in [1.29, 1.82) is 0 Å². The largest absolute Gasteiger partial charge is 0.494 e. The maximum atomic E-state index is 13.0. The lowest BCUT2D eigenvalue weighted by molar-refractivity contribution is -0.143. The fraction of sp³-hybridized carbons (Fsp3) is 0.444. The first-order valence-electron chi connectivity index (χ1n) is 12.1. The predicted molar refractivity (Wildman–Crippen MR) is 136 cm³/mol. The first-order chi connectivity index (χ1) is 17.3. The second kappa shape index (κ2) is 12.6. The number of hydrogen-bond acceptors (Lipinski definition) is 7. The molecule has 194 valence electrons. The summed E-state index contributed by atoms with van der Waals surface area (Å²) < 4.78 is 11.2. The van der Waals surface area contributed by atoms with Gasteiger partial charge in [-0.3, -0.25) is 19.3 Å². The van der Waals surface area contributed by atoms with Crippen molar-refractivity contribution in [3.8, 4) is 16.9 Å². The third kappa shape index (κ3) is 6.29. The van der Waals surface area contributed by atoms with Crippen LogP contribution in [0.15, 0.2) is 48.5 Å². The molecule has 0 radical (unpaired) electrons. The molecular formula is C27H35N3O6. The molecule has 0 saturated carbocycles. The molecule has 2 amide bonds. The highest BCUT2D eigenvalue weighted by Gasteiger charge is 2.46. The summed E-state index contributed by atoms with van der Waals surface area (Å²) in [5.41, 5.74) is 0.377. The Balaban J connectivity index is 1.59. The first-order valence-corrected chi connectivity index (χ1v) is 12.1. The van der Waals surface area contributed by atoms with Gasteiger partial charge in [0.2, 0.25) is 0 Å². The van der Waals surface area contributed by atoms with Crippen molar-refractivity contribution < 1.29 is 29.0 Å². The molecule has 1 aliphatic rings. The minimum absolute atomic E-state index is 0.322. The minimum atomic E-state index is -1.82. The molecule has 0 aliphatic carbocycles. The Kier molecular flexibility index (Phi) is 9.58. The number of aliphatic hydroxyl groups excluding tert-OH is 1. The first kappa shape index (κ1) is 27.3. The summed E-state index contributed by atoms with van der Waals surface area (Å²) in [4.78, 5) is 41.2. The second-order valence-corrected chi connectivity index (χ2v) is 8.85. The summed E-state index contributed by atoms with van der Waals surface area (Å²) in [5, 5.41) is 11.7. The lowest BCUT2D eigenvalue weighted by Gasteiger charge is -2.35. The van der Waals surface area contributed by atoms with E-state index in [0.29, 0.717) is 12.2 Å². The lowest BCUT2D eigenvalue weighted by Crippen LogP contribution is -2.62. The average molecular weight is 498 g/mol. The van der Waals surface area contributed by atoms with Gasteiger partial charge in [0, 0.05) is 39.3 Å². The van der Waals surface area contributed by atoms with Gasteiger partial charge in [0.25, 0.3) is 11.8 Å². The summed E-state index contributed by atoms with van der Waals surface area (Å²) in [5.74, 6) is -1.14. The van der Waals surface area contributed by atoms with Crippen LogP contribution < -0.4 is 10.1 Å². The Hall–Kier alpha value is -3.27. The molecule has 0 bridgehead atoms. The topological polar surface area (TPSA) is 108 Å². The Morgan fingerprint density at radius 2 is 1.64 bits per heavy atom. The third-order valence-corrected chi connectivity index (χ3v) is 6.64. The number of rotatable bonds is 11. The number of ketones is 1. The van der Waals surface area contributed by atoms with Crippen LogP contribution in [0.2, 0.25) is 0 Å². The van der Waals surface area contributed by atoms with E-state index in [-0.39, 0.29) is 0 Å². The third-order valence-electron chi connectivity index (χ3n) is 6.64. The summed E-state index contributed by atoms with van der Waals surface area (Å²) in [7, 11) is 2.75. The van der Waals surface area contributed by atoms with E-state index in [1.54, 1.807) is 12.1 Å². The van der Waals surface area contributed by atoms with Crippen LogP contribution in [0.5, 0.6) is 5.75 Å². The van der Waals surface area contributed by atoms with Gasteiger partial charge in [-0.05, 0) is 48.7 Å². The molecule has 0 aromatic heterocycles. The van der Waals surface area contributed by atoms with Crippen LogP contribution in [-0.4, -0.2) is 98.2 Å². The van der Waals surface area contributed by atoms with Crippen molar-refractivity contribution in [3.05, 3.63) is 54.1 Å². The Morgan fingerprint density at radius 3 is 2.19 bits per heavy atom. The van der Waals surface area contributed by atoms with E-state index in [1.807, 2.05) is 36.4 Å². The van der Waals surface area contributed by atoms with Gasteiger partial charge in [0.15, 0.2) is 11.3 Å². The minimum Gasteiger partial charge on any atom is -0.494 e. The van der Waals surface area contributed by atoms with E-state index in [9.17, 15) is 19.5 Å². The van der Waals surface area contributed by atoms with Crippen LogP contribution in [0.25, 0.3) is 11.1 Å². The maximum Gasteiger partial charge on any atom is 0.254 e. The summed E-state index contributed by atoms with van der Waals surface area (Å²) in [6.45, 7) is 5.66. The van der Waals surface area contributed by atoms with E-state index in [2.05, 4.69) is 10.2 Å². The molecule has 1 fully saturated rings. The van der Waals surface area contributed by atoms with Crippen molar-refractivity contribution in [1.82, 2.24) is 15.1 Å². The molecule has 2 aromatic carbocycles. The van der Waals surface area contributed by atoms with Crippen molar-refractivity contribution in [2.75, 3.05) is 60.2 Å². The number of aliphatic hydroxyl groups is 1. The Bertz CT molecular complexity index is 1020. The van der Waals surface area contributed by atoms with E-state index in [4.69, 9.17) is 9.47 Å². The van der Waals surface area contributed by atoms with Gasteiger partial charge >= 0.3 is 0 Å². The van der Waals surface area contributed by atoms with Crippen LogP contribution in [-0.2, 0) is 14.3 Å². The number of nitrogens with zero attached hydrogens (tertiary/aromatic N) is 2. The van der Waals surface area contributed by atoms with Gasteiger partial charge in [-0.2, -0.15) is 0 Å². The molecular weight excluding hydrogens is 462 g/mol. The highest BCUT2D eigenvalue weighted by molar-refractivity contribution is 6.14. The lowest BCUT2D eigenvalue weighted by atomic mass is 9.92. The average Bonchev–Trinajstić information content (AvgIpc) is 2.94.